The number of hydrogen-bond acceptors (Lipinski definition) is 5. The van der Waals surface area contributed by atoms with Crippen molar-refractivity contribution >= 4 is 23.7 Å². The van der Waals surface area contributed by atoms with E-state index in [0.29, 0.717) is 40.9 Å². The zero-order valence-electron chi connectivity index (χ0n) is 15.9. The van der Waals surface area contributed by atoms with E-state index in [-0.39, 0.29) is 5.91 Å². The zero-order chi connectivity index (χ0) is 20.4. The first kappa shape index (κ1) is 21.3. The van der Waals surface area contributed by atoms with Crippen molar-refractivity contribution in [1.82, 2.24) is 5.43 Å². The molecule has 1 amide bonds. The lowest BCUT2D eigenvalue weighted by atomic mass is 10.2. The lowest BCUT2D eigenvalue weighted by Gasteiger charge is -2.11. The highest BCUT2D eigenvalue weighted by Gasteiger charge is 2.11. The predicted octanol–water partition coefficient (Wildman–Crippen LogP) is 4.47. The second-order valence-corrected chi connectivity index (χ2v) is 6.11. The fraction of sp³-hybridized carbons (Fsp3) is 0.238. The lowest BCUT2D eigenvalue weighted by molar-refractivity contribution is 0.0955. The summed E-state index contributed by atoms with van der Waals surface area (Å²) in [5.41, 5.74) is 3.60. The first-order chi connectivity index (χ1) is 13.6. The van der Waals surface area contributed by atoms with Crippen LogP contribution < -0.4 is 19.6 Å². The molecule has 0 saturated heterocycles. The molecular weight excluding hydrogens is 380 g/mol. The summed E-state index contributed by atoms with van der Waals surface area (Å²) in [5, 5.41) is 4.34. The Labute approximate surface area is 169 Å². The summed E-state index contributed by atoms with van der Waals surface area (Å²) >= 11 is 6.24. The molecule has 0 atom stereocenters. The average molecular weight is 403 g/mol. The third-order valence-electron chi connectivity index (χ3n) is 3.57. The number of nitrogens with one attached hydrogen (secondary N) is 1. The summed E-state index contributed by atoms with van der Waals surface area (Å²) < 4.78 is 16.3. The van der Waals surface area contributed by atoms with Crippen LogP contribution in [0.4, 0.5) is 0 Å². The lowest BCUT2D eigenvalue weighted by Crippen LogP contribution is -2.17. The number of carbonyl (C=O) groups excluding carboxylic acids is 1. The van der Waals surface area contributed by atoms with Crippen LogP contribution in [0.1, 0.15) is 29.3 Å². The van der Waals surface area contributed by atoms with Gasteiger partial charge in [-0.15, -0.1) is 0 Å². The Bertz CT molecular complexity index is 835. The number of carbonyl (C=O) groups is 1. The van der Waals surface area contributed by atoms with Crippen LogP contribution in [0.3, 0.4) is 0 Å². The first-order valence-electron chi connectivity index (χ1n) is 8.76. The number of ether oxygens (including phenoxy) is 3. The maximum absolute atomic E-state index is 12.2. The Morgan fingerprint density at radius 1 is 1.25 bits per heavy atom. The van der Waals surface area contributed by atoms with E-state index >= 15 is 0 Å². The van der Waals surface area contributed by atoms with Crippen molar-refractivity contribution in [3.8, 4) is 17.2 Å². The summed E-state index contributed by atoms with van der Waals surface area (Å²) in [6, 6.07) is 10.2. The number of amides is 1. The van der Waals surface area contributed by atoms with Crippen molar-refractivity contribution in [3.63, 3.8) is 0 Å². The number of methoxy groups -OCH3 is 1. The van der Waals surface area contributed by atoms with Gasteiger partial charge in [0, 0.05) is 5.56 Å². The molecule has 148 valence electrons. The molecule has 0 aliphatic heterocycles. The second-order valence-electron chi connectivity index (χ2n) is 5.71. The van der Waals surface area contributed by atoms with Gasteiger partial charge in [0.1, 0.15) is 12.4 Å². The molecule has 0 aliphatic rings. The molecule has 0 heterocycles. The molecular formula is C21H23ClN2O4. The molecule has 28 heavy (non-hydrogen) atoms. The van der Waals surface area contributed by atoms with Gasteiger partial charge in [0.05, 0.1) is 25.0 Å². The summed E-state index contributed by atoms with van der Waals surface area (Å²) in [5.74, 6) is 1.28. The minimum absolute atomic E-state index is 0.307. The molecule has 0 bridgehead atoms. The monoisotopic (exact) mass is 402 g/mol. The van der Waals surface area contributed by atoms with E-state index in [4.69, 9.17) is 25.8 Å². The molecule has 0 aliphatic carbocycles. The van der Waals surface area contributed by atoms with Gasteiger partial charge in [0.2, 0.25) is 0 Å². The third kappa shape index (κ3) is 6.03. The van der Waals surface area contributed by atoms with Crippen molar-refractivity contribution in [1.29, 1.82) is 0 Å². The maximum Gasteiger partial charge on any atom is 0.271 e. The summed E-state index contributed by atoms with van der Waals surface area (Å²) in [6.45, 7) is 6.58. The number of benzene rings is 2. The number of rotatable bonds is 10. The Balaban J connectivity index is 2.02. The molecule has 2 aromatic rings. The normalized spacial score (nSPS) is 10.5. The third-order valence-corrected chi connectivity index (χ3v) is 3.85. The molecule has 0 radical (unpaired) electrons. The molecule has 0 aromatic heterocycles. The summed E-state index contributed by atoms with van der Waals surface area (Å²) in [4.78, 5) is 12.2. The quantitative estimate of drug-likeness (QED) is 0.361. The Morgan fingerprint density at radius 3 is 2.64 bits per heavy atom. The highest BCUT2D eigenvalue weighted by Crippen LogP contribution is 2.36. The van der Waals surface area contributed by atoms with Gasteiger partial charge in [-0.05, 0) is 48.4 Å². The van der Waals surface area contributed by atoms with E-state index in [1.54, 1.807) is 42.5 Å². The Hall–Kier alpha value is -2.99. The molecule has 0 fully saturated rings. The van der Waals surface area contributed by atoms with Crippen LogP contribution in [0, 0.1) is 0 Å². The highest BCUT2D eigenvalue weighted by molar-refractivity contribution is 6.32. The van der Waals surface area contributed by atoms with Gasteiger partial charge >= 0.3 is 0 Å². The number of hydrazone groups is 1. The second kappa shape index (κ2) is 11.0. The standard InChI is InChI=1S/C21H23ClN2O4/c1-4-10-27-17-8-6-16(7-9-17)21(25)24-23-14-15-12-18(22)20(28-11-5-2)19(13-15)26-3/h5-9,12-14H,2,4,10-11H2,1,3H3,(H,24,25)/b23-14+. The average Bonchev–Trinajstić information content (AvgIpc) is 2.71. The number of halogens is 1. The van der Waals surface area contributed by atoms with Gasteiger partial charge < -0.3 is 14.2 Å². The molecule has 1 N–H and O–H groups in total. The van der Waals surface area contributed by atoms with E-state index < -0.39 is 0 Å². The van der Waals surface area contributed by atoms with Crippen molar-refractivity contribution < 1.29 is 19.0 Å². The van der Waals surface area contributed by atoms with Crippen molar-refractivity contribution in [3.05, 3.63) is 65.2 Å². The largest absolute Gasteiger partial charge is 0.494 e. The summed E-state index contributed by atoms with van der Waals surface area (Å²) in [7, 11) is 1.52. The van der Waals surface area contributed by atoms with Gasteiger partial charge in [0.15, 0.2) is 11.5 Å². The van der Waals surface area contributed by atoms with E-state index in [1.807, 2.05) is 6.92 Å². The predicted molar refractivity (Wildman–Crippen MR) is 111 cm³/mol. The van der Waals surface area contributed by atoms with E-state index in [0.717, 1.165) is 12.2 Å². The highest BCUT2D eigenvalue weighted by atomic mass is 35.5. The zero-order valence-corrected chi connectivity index (χ0v) is 16.7. The van der Waals surface area contributed by atoms with Crippen LogP contribution in [0.15, 0.2) is 54.2 Å². The van der Waals surface area contributed by atoms with Crippen LogP contribution in [0.5, 0.6) is 17.2 Å². The smallest absolute Gasteiger partial charge is 0.271 e. The number of nitrogens with zero attached hydrogens (tertiary/aromatic N) is 1. The van der Waals surface area contributed by atoms with E-state index in [9.17, 15) is 4.79 Å². The van der Waals surface area contributed by atoms with Crippen LogP contribution in [0.2, 0.25) is 5.02 Å². The molecule has 2 aromatic carbocycles. The van der Waals surface area contributed by atoms with Crippen LogP contribution in [-0.4, -0.2) is 32.4 Å². The van der Waals surface area contributed by atoms with Crippen molar-refractivity contribution in [2.45, 2.75) is 13.3 Å². The van der Waals surface area contributed by atoms with Crippen molar-refractivity contribution in [2.24, 2.45) is 5.10 Å². The summed E-state index contributed by atoms with van der Waals surface area (Å²) in [6.07, 6.45) is 4.01. The van der Waals surface area contributed by atoms with Gasteiger partial charge in [-0.1, -0.05) is 31.2 Å². The molecule has 0 unspecified atom stereocenters. The minimum Gasteiger partial charge on any atom is -0.494 e. The first-order valence-corrected chi connectivity index (χ1v) is 9.14. The van der Waals surface area contributed by atoms with Crippen LogP contribution >= 0.6 is 11.6 Å². The molecule has 0 saturated carbocycles. The molecule has 0 spiro atoms. The van der Waals surface area contributed by atoms with Gasteiger partial charge in [-0.2, -0.15) is 5.10 Å². The van der Waals surface area contributed by atoms with E-state index in [2.05, 4.69) is 17.1 Å². The Kier molecular flexibility index (Phi) is 8.37. The van der Waals surface area contributed by atoms with Crippen molar-refractivity contribution in [2.75, 3.05) is 20.3 Å². The van der Waals surface area contributed by atoms with Gasteiger partial charge in [0.25, 0.3) is 5.91 Å². The van der Waals surface area contributed by atoms with Crippen LogP contribution in [-0.2, 0) is 0 Å². The molecule has 2 rings (SSSR count). The fourth-order valence-corrected chi connectivity index (χ4v) is 2.52. The van der Waals surface area contributed by atoms with Gasteiger partial charge in [-0.25, -0.2) is 5.43 Å². The minimum atomic E-state index is -0.331. The Morgan fingerprint density at radius 2 is 2.00 bits per heavy atom. The SMILES string of the molecule is C=CCOc1c(Cl)cc(/C=N/NC(=O)c2ccc(OCCC)cc2)cc1OC. The fourth-order valence-electron chi connectivity index (χ4n) is 2.25. The molecule has 7 heteroatoms. The molecule has 6 nitrogen and oxygen atoms in total. The van der Waals surface area contributed by atoms with Crippen LogP contribution in [0.25, 0.3) is 0 Å². The van der Waals surface area contributed by atoms with E-state index in [1.165, 1.54) is 13.3 Å². The van der Waals surface area contributed by atoms with Gasteiger partial charge in [-0.3, -0.25) is 4.79 Å². The maximum atomic E-state index is 12.2. The topological polar surface area (TPSA) is 69.2 Å². The number of hydrogen-bond donors (Lipinski definition) is 1.